The van der Waals surface area contributed by atoms with Crippen LogP contribution in [0.4, 0.5) is 0 Å². The quantitative estimate of drug-likeness (QED) is 0.737. The first-order valence-electron chi connectivity index (χ1n) is 8.20. The Morgan fingerprint density at radius 3 is 2.18 bits per heavy atom. The van der Waals surface area contributed by atoms with Crippen LogP contribution in [-0.2, 0) is 0 Å². The van der Waals surface area contributed by atoms with Crippen LogP contribution in [0.3, 0.4) is 0 Å². The summed E-state index contributed by atoms with van der Waals surface area (Å²) in [6.45, 7) is 6.90. The smallest absolute Gasteiger partial charge is 0.116 e. The zero-order valence-electron chi connectivity index (χ0n) is 13.7. The van der Waals surface area contributed by atoms with Crippen LogP contribution < -0.4 is 0 Å². The molecule has 0 unspecified atom stereocenters. The minimum atomic E-state index is -0.0313. The molecule has 118 valence electrons. The van der Waals surface area contributed by atoms with Crippen LogP contribution in [0.25, 0.3) is 10.8 Å². The Bertz CT molecular complexity index is 676. The lowest BCUT2D eigenvalue weighted by atomic mass is 9.70. The highest BCUT2D eigenvalue weighted by molar-refractivity contribution is 5.83. The average molecular weight is 298 g/mol. The molecule has 2 aliphatic carbocycles. The predicted molar refractivity (Wildman–Crippen MR) is 90.8 cm³/mol. The molecule has 2 saturated carbocycles. The summed E-state index contributed by atoms with van der Waals surface area (Å²) in [4.78, 5) is 0. The number of aliphatic hydroxyl groups is 1. The number of aliphatic hydroxyl groups excluding tert-OH is 1. The molecule has 2 N–H and O–H groups in total. The molecule has 2 aromatic carbocycles. The van der Waals surface area contributed by atoms with E-state index in [-0.39, 0.29) is 11.5 Å². The monoisotopic (exact) mass is 298 g/mol. The number of fused-ring (bicyclic) bond motifs is 3. The molecule has 3 atom stereocenters. The molecule has 0 aromatic heterocycles. The second-order valence-corrected chi connectivity index (χ2v) is 7.66. The zero-order chi connectivity index (χ0) is 16.0. The van der Waals surface area contributed by atoms with Gasteiger partial charge in [-0.05, 0) is 58.9 Å². The Morgan fingerprint density at radius 2 is 1.68 bits per heavy atom. The van der Waals surface area contributed by atoms with E-state index in [9.17, 15) is 5.11 Å². The van der Waals surface area contributed by atoms with Crippen LogP contribution in [0.5, 0.6) is 5.75 Å². The molecule has 0 aliphatic heterocycles. The molecule has 0 amide bonds. The van der Waals surface area contributed by atoms with Gasteiger partial charge in [0.15, 0.2) is 0 Å². The summed E-state index contributed by atoms with van der Waals surface area (Å²) >= 11 is 0. The number of benzene rings is 2. The number of phenolic OH excluding ortho intramolecular Hbond substituents is 1. The first-order valence-corrected chi connectivity index (χ1v) is 8.20. The third-order valence-corrected chi connectivity index (χ3v) is 6.48. The van der Waals surface area contributed by atoms with E-state index in [0.717, 1.165) is 23.1 Å². The second kappa shape index (κ2) is 5.27. The molecular formula is C20H26O2. The SMILES string of the molecule is CC1(C)[C@@H]2CC[C@@]1(C)[C@@H](O)C2.Oc1ccc2ccccc2c1. The van der Waals surface area contributed by atoms with E-state index in [1.807, 2.05) is 30.3 Å². The molecule has 2 nitrogen and oxygen atoms in total. The highest BCUT2D eigenvalue weighted by Crippen LogP contribution is 2.65. The predicted octanol–water partition coefficient (Wildman–Crippen LogP) is 4.74. The molecule has 0 heterocycles. The van der Waals surface area contributed by atoms with E-state index in [1.165, 1.54) is 12.8 Å². The van der Waals surface area contributed by atoms with Crippen molar-refractivity contribution in [3.8, 4) is 5.75 Å². The molecule has 0 radical (unpaired) electrons. The lowest BCUT2D eigenvalue weighted by Crippen LogP contribution is -2.35. The molecule has 2 fully saturated rings. The molecule has 0 spiro atoms. The molecule has 22 heavy (non-hydrogen) atoms. The van der Waals surface area contributed by atoms with Gasteiger partial charge in [0.2, 0.25) is 0 Å². The largest absolute Gasteiger partial charge is 0.508 e. The Hall–Kier alpha value is -1.54. The Morgan fingerprint density at radius 1 is 1.00 bits per heavy atom. The van der Waals surface area contributed by atoms with Crippen LogP contribution in [0.2, 0.25) is 0 Å². The lowest BCUT2D eigenvalue weighted by Gasteiger charge is -2.36. The van der Waals surface area contributed by atoms with Gasteiger partial charge >= 0.3 is 0 Å². The van der Waals surface area contributed by atoms with E-state index in [0.29, 0.717) is 11.2 Å². The Labute approximate surface area is 132 Å². The van der Waals surface area contributed by atoms with Gasteiger partial charge in [0, 0.05) is 0 Å². The third-order valence-electron chi connectivity index (χ3n) is 6.48. The highest BCUT2D eigenvalue weighted by atomic mass is 16.3. The van der Waals surface area contributed by atoms with Crippen molar-refractivity contribution in [1.29, 1.82) is 0 Å². The van der Waals surface area contributed by atoms with Gasteiger partial charge < -0.3 is 10.2 Å². The van der Waals surface area contributed by atoms with E-state index < -0.39 is 0 Å². The van der Waals surface area contributed by atoms with E-state index in [4.69, 9.17) is 5.11 Å². The average Bonchev–Trinajstić information content (AvgIpc) is 2.81. The minimum absolute atomic E-state index is 0.0313. The van der Waals surface area contributed by atoms with Crippen LogP contribution in [0.15, 0.2) is 42.5 Å². The fourth-order valence-corrected chi connectivity index (χ4v) is 4.34. The summed E-state index contributed by atoms with van der Waals surface area (Å²) in [5.41, 5.74) is 0.601. The fraction of sp³-hybridized carbons (Fsp3) is 0.500. The standard InChI is InChI=1S/C10H18O.C10H8O/c1-9(2)7-4-5-10(9,3)8(11)6-7;11-10-6-5-8-3-1-2-4-9(8)7-10/h7-8,11H,4-6H2,1-3H3;1-7,11H/t7-,8+,10+;/m1./s1. The van der Waals surface area contributed by atoms with E-state index in [2.05, 4.69) is 20.8 Å². The maximum atomic E-state index is 9.81. The van der Waals surface area contributed by atoms with Crippen LogP contribution in [-0.4, -0.2) is 16.3 Å². The van der Waals surface area contributed by atoms with Gasteiger partial charge in [-0.1, -0.05) is 51.1 Å². The van der Waals surface area contributed by atoms with Gasteiger partial charge in [0.05, 0.1) is 6.10 Å². The molecular weight excluding hydrogens is 272 g/mol. The van der Waals surface area contributed by atoms with Crippen molar-refractivity contribution in [2.24, 2.45) is 16.7 Å². The molecule has 2 aliphatic rings. The summed E-state index contributed by atoms with van der Waals surface area (Å²) in [5.74, 6) is 1.10. The van der Waals surface area contributed by atoms with Crippen LogP contribution >= 0.6 is 0 Å². The third kappa shape index (κ3) is 2.30. The summed E-state index contributed by atoms with van der Waals surface area (Å²) in [6.07, 6.45) is 3.58. The number of aromatic hydroxyl groups is 1. The van der Waals surface area contributed by atoms with Crippen molar-refractivity contribution in [2.45, 2.75) is 46.1 Å². The van der Waals surface area contributed by atoms with Crippen molar-refractivity contribution in [3.05, 3.63) is 42.5 Å². The first-order chi connectivity index (χ1) is 10.3. The van der Waals surface area contributed by atoms with E-state index >= 15 is 0 Å². The van der Waals surface area contributed by atoms with Crippen molar-refractivity contribution in [1.82, 2.24) is 0 Å². The number of rotatable bonds is 0. The number of hydrogen-bond acceptors (Lipinski definition) is 2. The van der Waals surface area contributed by atoms with Gasteiger partial charge in [0.1, 0.15) is 5.75 Å². The van der Waals surface area contributed by atoms with Gasteiger partial charge in [-0.15, -0.1) is 0 Å². The maximum Gasteiger partial charge on any atom is 0.116 e. The van der Waals surface area contributed by atoms with Crippen molar-refractivity contribution < 1.29 is 10.2 Å². The van der Waals surface area contributed by atoms with Gasteiger partial charge in [-0.2, -0.15) is 0 Å². The zero-order valence-corrected chi connectivity index (χ0v) is 13.7. The van der Waals surface area contributed by atoms with Gasteiger partial charge in [-0.3, -0.25) is 0 Å². The highest BCUT2D eigenvalue weighted by Gasteiger charge is 2.60. The molecule has 0 saturated heterocycles. The Kier molecular flexibility index (Phi) is 3.68. The van der Waals surface area contributed by atoms with Gasteiger partial charge in [-0.25, -0.2) is 0 Å². The fourth-order valence-electron chi connectivity index (χ4n) is 4.34. The topological polar surface area (TPSA) is 40.5 Å². The molecule has 2 aromatic rings. The van der Waals surface area contributed by atoms with E-state index in [1.54, 1.807) is 12.1 Å². The number of hydrogen-bond donors (Lipinski definition) is 2. The summed E-state index contributed by atoms with van der Waals surface area (Å²) in [6, 6.07) is 13.3. The summed E-state index contributed by atoms with van der Waals surface area (Å²) < 4.78 is 0. The number of phenols is 1. The van der Waals surface area contributed by atoms with Crippen LogP contribution in [0.1, 0.15) is 40.0 Å². The van der Waals surface area contributed by atoms with Crippen molar-refractivity contribution in [2.75, 3.05) is 0 Å². The minimum Gasteiger partial charge on any atom is -0.508 e. The second-order valence-electron chi connectivity index (χ2n) is 7.66. The summed E-state index contributed by atoms with van der Waals surface area (Å²) in [7, 11) is 0. The molecule has 2 heteroatoms. The Balaban J connectivity index is 0.000000131. The van der Waals surface area contributed by atoms with Gasteiger partial charge in [0.25, 0.3) is 0 Å². The normalized spacial score (nSPS) is 31.8. The summed E-state index contributed by atoms with van der Waals surface area (Å²) in [5, 5.41) is 21.2. The van der Waals surface area contributed by atoms with Crippen molar-refractivity contribution >= 4 is 10.8 Å². The lowest BCUT2D eigenvalue weighted by molar-refractivity contribution is 0.0126. The molecule has 4 rings (SSSR count). The molecule has 2 bridgehead atoms. The maximum absolute atomic E-state index is 9.81. The first kappa shape index (κ1) is 15.4. The van der Waals surface area contributed by atoms with Crippen molar-refractivity contribution in [3.63, 3.8) is 0 Å². The van der Waals surface area contributed by atoms with Crippen LogP contribution in [0, 0.1) is 16.7 Å².